The van der Waals surface area contributed by atoms with Crippen molar-refractivity contribution in [1.82, 2.24) is 4.90 Å². The summed E-state index contributed by atoms with van der Waals surface area (Å²) in [6, 6.07) is 14.3. The first-order chi connectivity index (χ1) is 13.2. The third-order valence-corrected chi connectivity index (χ3v) is 5.12. The zero-order valence-corrected chi connectivity index (χ0v) is 15.4. The van der Waals surface area contributed by atoms with Crippen molar-refractivity contribution in [1.29, 1.82) is 0 Å². The predicted octanol–water partition coefficient (Wildman–Crippen LogP) is 3.71. The Morgan fingerprint density at radius 2 is 1.52 bits per heavy atom. The molecule has 2 amide bonds. The van der Waals surface area contributed by atoms with Crippen molar-refractivity contribution in [2.24, 2.45) is 0 Å². The molecular weight excluding hydrogens is 340 g/mol. The zero-order chi connectivity index (χ0) is 18.8. The highest BCUT2D eigenvalue weighted by molar-refractivity contribution is 6.41. The number of piperidine rings is 1. The third-order valence-electron chi connectivity index (χ3n) is 5.12. The van der Waals surface area contributed by atoms with Crippen LogP contribution in [0.1, 0.15) is 35.2 Å². The number of rotatable bonds is 3. The van der Waals surface area contributed by atoms with E-state index in [-0.39, 0.29) is 11.8 Å². The summed E-state index contributed by atoms with van der Waals surface area (Å²) in [7, 11) is 1.59. The van der Waals surface area contributed by atoms with Crippen LogP contribution in [0.3, 0.4) is 0 Å². The maximum atomic E-state index is 13.3. The molecule has 0 unspecified atom stereocenters. The number of hydrogen-bond acceptors (Lipinski definition) is 4. The first-order valence-electron chi connectivity index (χ1n) is 9.27. The maximum Gasteiger partial charge on any atom is 0.267 e. The molecule has 2 aromatic carbocycles. The smallest absolute Gasteiger partial charge is 0.267 e. The number of methoxy groups -OCH3 is 1. The van der Waals surface area contributed by atoms with Gasteiger partial charge in [-0.15, -0.1) is 0 Å². The van der Waals surface area contributed by atoms with E-state index in [0.717, 1.165) is 25.9 Å². The van der Waals surface area contributed by atoms with Crippen LogP contribution in [-0.4, -0.2) is 36.9 Å². The second-order valence-electron chi connectivity index (χ2n) is 6.83. The third kappa shape index (κ3) is 3.21. The standard InChI is InChI=1S/C22H22N2O3/c1-27-17-11-9-16(10-12-17)24-21(25)19-8-4-3-7-18(19)20(22(24)26)15-23-13-5-2-6-14-23/h3-4,7-12,15H,2,5-6,13-14H2,1H3. The van der Waals surface area contributed by atoms with Crippen molar-refractivity contribution in [3.63, 3.8) is 0 Å². The molecule has 1 saturated heterocycles. The Kier molecular flexibility index (Phi) is 4.67. The molecule has 0 atom stereocenters. The van der Waals surface area contributed by atoms with Crippen LogP contribution < -0.4 is 9.64 Å². The maximum absolute atomic E-state index is 13.3. The highest BCUT2D eigenvalue weighted by Crippen LogP contribution is 2.33. The molecule has 2 heterocycles. The predicted molar refractivity (Wildman–Crippen MR) is 105 cm³/mol. The Hall–Kier alpha value is -3.08. The number of hydrogen-bond donors (Lipinski definition) is 0. The molecule has 4 rings (SSSR count). The lowest BCUT2D eigenvalue weighted by atomic mass is 9.93. The fourth-order valence-corrected chi connectivity index (χ4v) is 3.67. The van der Waals surface area contributed by atoms with Gasteiger partial charge in [-0.25, -0.2) is 4.90 Å². The van der Waals surface area contributed by atoms with E-state index in [9.17, 15) is 9.59 Å². The Morgan fingerprint density at radius 1 is 0.852 bits per heavy atom. The Morgan fingerprint density at radius 3 is 2.19 bits per heavy atom. The molecule has 2 aliphatic rings. The zero-order valence-electron chi connectivity index (χ0n) is 15.4. The van der Waals surface area contributed by atoms with Gasteiger partial charge in [-0.3, -0.25) is 9.59 Å². The molecular formula is C22H22N2O3. The molecule has 0 aromatic heterocycles. The van der Waals surface area contributed by atoms with Crippen LogP contribution in [0.4, 0.5) is 5.69 Å². The summed E-state index contributed by atoms with van der Waals surface area (Å²) in [4.78, 5) is 29.8. The number of amides is 2. The van der Waals surface area contributed by atoms with E-state index in [1.165, 1.54) is 11.3 Å². The molecule has 0 N–H and O–H groups in total. The minimum absolute atomic E-state index is 0.283. The van der Waals surface area contributed by atoms with Gasteiger partial charge in [-0.1, -0.05) is 18.2 Å². The molecule has 2 aromatic rings. The first-order valence-corrected chi connectivity index (χ1v) is 9.27. The number of benzene rings is 2. The summed E-state index contributed by atoms with van der Waals surface area (Å²) in [5.74, 6) is 0.103. The summed E-state index contributed by atoms with van der Waals surface area (Å²) in [5.41, 5.74) is 2.38. The van der Waals surface area contributed by atoms with Gasteiger partial charge in [-0.2, -0.15) is 0 Å². The number of carbonyl (C=O) groups is 2. The minimum atomic E-state index is -0.295. The molecule has 0 spiro atoms. The van der Waals surface area contributed by atoms with Gasteiger partial charge in [0.05, 0.1) is 18.4 Å². The molecule has 138 valence electrons. The number of likely N-dealkylation sites (tertiary alicyclic amines) is 1. The highest BCUT2D eigenvalue weighted by Gasteiger charge is 2.36. The molecule has 5 nitrogen and oxygen atoms in total. The van der Waals surface area contributed by atoms with Crippen LogP contribution in [0.2, 0.25) is 0 Å². The summed E-state index contributed by atoms with van der Waals surface area (Å²) in [6.07, 6.45) is 5.41. The second-order valence-corrected chi connectivity index (χ2v) is 6.83. The fraction of sp³-hybridized carbons (Fsp3) is 0.273. The topological polar surface area (TPSA) is 49.9 Å². The molecule has 0 bridgehead atoms. The summed E-state index contributed by atoms with van der Waals surface area (Å²) in [6.45, 7) is 1.88. The quantitative estimate of drug-likeness (QED) is 0.617. The largest absolute Gasteiger partial charge is 0.497 e. The molecule has 27 heavy (non-hydrogen) atoms. The van der Waals surface area contributed by atoms with Gasteiger partial charge in [0.1, 0.15) is 5.75 Å². The normalized spacial score (nSPS) is 18.6. The van der Waals surface area contributed by atoms with Crippen molar-refractivity contribution < 1.29 is 14.3 Å². The van der Waals surface area contributed by atoms with Crippen molar-refractivity contribution in [2.75, 3.05) is 25.1 Å². The molecule has 5 heteroatoms. The first kappa shape index (κ1) is 17.3. The van der Waals surface area contributed by atoms with Crippen molar-refractivity contribution in [3.8, 4) is 5.75 Å². The summed E-state index contributed by atoms with van der Waals surface area (Å²) < 4.78 is 5.18. The fourth-order valence-electron chi connectivity index (χ4n) is 3.67. The monoisotopic (exact) mass is 362 g/mol. The van der Waals surface area contributed by atoms with E-state index in [1.807, 2.05) is 24.4 Å². The van der Waals surface area contributed by atoms with Gasteiger partial charge in [-0.05, 0) is 49.6 Å². The number of anilines is 1. The summed E-state index contributed by atoms with van der Waals surface area (Å²) in [5, 5.41) is 0. The minimum Gasteiger partial charge on any atom is -0.497 e. The lowest BCUT2D eigenvalue weighted by Gasteiger charge is -2.31. The average Bonchev–Trinajstić information content (AvgIpc) is 2.72. The van der Waals surface area contributed by atoms with Gasteiger partial charge in [0, 0.05) is 30.4 Å². The van der Waals surface area contributed by atoms with Crippen LogP contribution in [0.15, 0.2) is 54.7 Å². The second kappa shape index (κ2) is 7.27. The van der Waals surface area contributed by atoms with Crippen LogP contribution >= 0.6 is 0 Å². The van der Waals surface area contributed by atoms with Gasteiger partial charge in [0.25, 0.3) is 11.8 Å². The van der Waals surface area contributed by atoms with Crippen molar-refractivity contribution >= 4 is 23.1 Å². The van der Waals surface area contributed by atoms with Crippen LogP contribution in [0.5, 0.6) is 5.75 Å². The Balaban J connectivity index is 1.78. The van der Waals surface area contributed by atoms with Crippen LogP contribution in [0.25, 0.3) is 5.57 Å². The lowest BCUT2D eigenvalue weighted by molar-refractivity contribution is -0.112. The molecule has 2 aliphatic heterocycles. The number of carbonyl (C=O) groups excluding carboxylic acids is 2. The van der Waals surface area contributed by atoms with E-state index in [0.29, 0.717) is 28.1 Å². The highest BCUT2D eigenvalue weighted by atomic mass is 16.5. The van der Waals surface area contributed by atoms with Crippen LogP contribution in [0, 0.1) is 0 Å². The molecule has 1 fully saturated rings. The van der Waals surface area contributed by atoms with E-state index < -0.39 is 0 Å². The van der Waals surface area contributed by atoms with Gasteiger partial charge in [0.15, 0.2) is 0 Å². The Labute approximate surface area is 158 Å². The van der Waals surface area contributed by atoms with Gasteiger partial charge >= 0.3 is 0 Å². The molecule has 0 saturated carbocycles. The molecule has 0 radical (unpaired) electrons. The number of ether oxygens (including phenoxy) is 1. The lowest BCUT2D eigenvalue weighted by Crippen LogP contribution is -2.42. The van der Waals surface area contributed by atoms with Gasteiger partial charge in [0.2, 0.25) is 0 Å². The number of fused-ring (bicyclic) bond motifs is 1. The van der Waals surface area contributed by atoms with Crippen molar-refractivity contribution in [3.05, 3.63) is 65.9 Å². The average molecular weight is 362 g/mol. The number of imide groups is 1. The summed E-state index contributed by atoms with van der Waals surface area (Å²) >= 11 is 0. The van der Waals surface area contributed by atoms with Gasteiger partial charge < -0.3 is 9.64 Å². The molecule has 0 aliphatic carbocycles. The van der Waals surface area contributed by atoms with E-state index in [4.69, 9.17) is 4.74 Å². The SMILES string of the molecule is COc1ccc(N2C(=O)C(=CN3CCCCC3)c3ccccc3C2=O)cc1. The van der Waals surface area contributed by atoms with Crippen LogP contribution in [-0.2, 0) is 4.79 Å². The van der Waals surface area contributed by atoms with E-state index >= 15 is 0 Å². The number of nitrogens with zero attached hydrogens (tertiary/aromatic N) is 2. The van der Waals surface area contributed by atoms with E-state index in [1.54, 1.807) is 37.4 Å². The Bertz CT molecular complexity index is 896. The van der Waals surface area contributed by atoms with Crippen molar-refractivity contribution in [2.45, 2.75) is 19.3 Å². The van der Waals surface area contributed by atoms with E-state index in [2.05, 4.69) is 4.90 Å².